The summed E-state index contributed by atoms with van der Waals surface area (Å²) in [5.41, 5.74) is 1.09. The zero-order valence-corrected chi connectivity index (χ0v) is 21.6. The topological polar surface area (TPSA) is 115 Å². The number of thiazole rings is 1. The fourth-order valence-electron chi connectivity index (χ4n) is 4.08. The van der Waals surface area contributed by atoms with Crippen LogP contribution in [0.15, 0.2) is 54.1 Å². The number of aliphatic hydroxyl groups excluding tert-OH is 1. The summed E-state index contributed by atoms with van der Waals surface area (Å²) in [5.74, 6) is -1.66. The lowest BCUT2D eigenvalue weighted by molar-refractivity contribution is -0.132. The van der Waals surface area contributed by atoms with Crippen molar-refractivity contribution in [2.24, 2.45) is 0 Å². The van der Waals surface area contributed by atoms with E-state index in [-0.39, 0.29) is 27.9 Å². The van der Waals surface area contributed by atoms with Gasteiger partial charge < -0.3 is 19.3 Å². The van der Waals surface area contributed by atoms with Gasteiger partial charge in [0.15, 0.2) is 5.13 Å². The SMILES string of the molecule is CCOC(=O)c1sc(N2C(=O)C(=O)C(=C(O)c3cccc(OCC)c3)C2c2cccc(OC)c2)nc1C. The minimum absolute atomic E-state index is 0.113. The zero-order valence-electron chi connectivity index (χ0n) is 20.8. The van der Waals surface area contributed by atoms with Crippen LogP contribution < -0.4 is 14.4 Å². The van der Waals surface area contributed by atoms with E-state index in [0.29, 0.717) is 34.9 Å². The van der Waals surface area contributed by atoms with Crippen LogP contribution in [0.2, 0.25) is 0 Å². The number of methoxy groups -OCH3 is 1. The molecule has 0 spiro atoms. The molecule has 2 heterocycles. The van der Waals surface area contributed by atoms with E-state index in [4.69, 9.17) is 14.2 Å². The zero-order chi connectivity index (χ0) is 26.7. The Balaban J connectivity index is 1.91. The lowest BCUT2D eigenvalue weighted by Gasteiger charge is -2.23. The van der Waals surface area contributed by atoms with Crippen molar-refractivity contribution in [2.75, 3.05) is 25.2 Å². The van der Waals surface area contributed by atoms with Crippen LogP contribution in [0.25, 0.3) is 5.76 Å². The molecule has 4 rings (SSSR count). The van der Waals surface area contributed by atoms with Crippen LogP contribution in [-0.2, 0) is 14.3 Å². The van der Waals surface area contributed by atoms with Crippen LogP contribution >= 0.6 is 11.3 Å². The highest BCUT2D eigenvalue weighted by Gasteiger charge is 2.48. The number of anilines is 1. The number of aliphatic hydroxyl groups is 1. The molecule has 0 aliphatic carbocycles. The van der Waals surface area contributed by atoms with Crippen LogP contribution in [0.1, 0.15) is 46.4 Å². The van der Waals surface area contributed by atoms with Crippen molar-refractivity contribution in [3.05, 3.63) is 75.8 Å². The molecule has 0 radical (unpaired) electrons. The first-order chi connectivity index (χ1) is 17.8. The van der Waals surface area contributed by atoms with Crippen LogP contribution in [0.5, 0.6) is 11.5 Å². The van der Waals surface area contributed by atoms with Gasteiger partial charge in [-0.2, -0.15) is 0 Å². The molecule has 1 aliphatic heterocycles. The van der Waals surface area contributed by atoms with E-state index in [2.05, 4.69) is 4.98 Å². The van der Waals surface area contributed by atoms with Crippen LogP contribution in [0.4, 0.5) is 5.13 Å². The average molecular weight is 523 g/mol. The number of rotatable bonds is 8. The molecular weight excluding hydrogens is 496 g/mol. The second-order valence-corrected chi connectivity index (χ2v) is 9.02. The molecule has 10 heteroatoms. The lowest BCUT2D eigenvalue weighted by atomic mass is 9.95. The van der Waals surface area contributed by atoms with E-state index in [0.717, 1.165) is 11.3 Å². The maximum atomic E-state index is 13.4. The van der Waals surface area contributed by atoms with Crippen LogP contribution in [0, 0.1) is 6.92 Å². The Labute approximate surface area is 217 Å². The van der Waals surface area contributed by atoms with Gasteiger partial charge in [0.25, 0.3) is 5.78 Å². The van der Waals surface area contributed by atoms with E-state index >= 15 is 0 Å². The molecule has 1 atom stereocenters. The molecule has 0 saturated carbocycles. The number of hydrogen-bond donors (Lipinski definition) is 1. The molecule has 1 saturated heterocycles. The number of ether oxygens (including phenoxy) is 3. The Kier molecular flexibility index (Phi) is 7.58. The highest BCUT2D eigenvalue weighted by atomic mass is 32.1. The molecule has 3 aromatic rings. The van der Waals surface area contributed by atoms with Crippen molar-refractivity contribution in [3.8, 4) is 11.5 Å². The molecule has 1 amide bonds. The van der Waals surface area contributed by atoms with Gasteiger partial charge in [-0.3, -0.25) is 14.5 Å². The van der Waals surface area contributed by atoms with Crippen molar-refractivity contribution in [3.63, 3.8) is 0 Å². The Hall–Kier alpha value is -4.18. The number of carbonyl (C=O) groups is 3. The Morgan fingerprint density at radius 3 is 2.51 bits per heavy atom. The smallest absolute Gasteiger partial charge is 0.350 e. The van der Waals surface area contributed by atoms with Gasteiger partial charge in [-0.05, 0) is 50.6 Å². The fraction of sp³-hybridized carbons (Fsp3) is 0.259. The molecule has 192 valence electrons. The molecule has 1 N–H and O–H groups in total. The standard InChI is InChI=1S/C27H26N2O7S/c1-5-35-19-12-8-10-17(14-19)22(30)20-21(16-9-7-11-18(13-16)34-4)29(25(32)23(20)31)27-28-15(3)24(37-27)26(33)36-6-2/h7-14,21,30H,5-6H2,1-4H3. The number of aromatic nitrogens is 1. The first-order valence-corrected chi connectivity index (χ1v) is 12.4. The van der Waals surface area contributed by atoms with Gasteiger partial charge in [0.1, 0.15) is 22.1 Å². The third-order valence-corrected chi connectivity index (χ3v) is 6.86. The number of esters is 1. The highest BCUT2D eigenvalue weighted by molar-refractivity contribution is 7.17. The van der Waals surface area contributed by atoms with E-state index in [1.807, 2.05) is 6.92 Å². The molecule has 1 fully saturated rings. The van der Waals surface area contributed by atoms with Crippen molar-refractivity contribution < 1.29 is 33.7 Å². The monoisotopic (exact) mass is 522 g/mol. The van der Waals surface area contributed by atoms with Crippen molar-refractivity contribution in [2.45, 2.75) is 26.8 Å². The number of nitrogens with zero attached hydrogens (tertiary/aromatic N) is 2. The maximum Gasteiger partial charge on any atom is 0.350 e. The molecule has 37 heavy (non-hydrogen) atoms. The summed E-state index contributed by atoms with van der Waals surface area (Å²) in [6, 6.07) is 12.5. The van der Waals surface area contributed by atoms with Crippen molar-refractivity contribution >= 4 is 39.9 Å². The molecule has 2 aromatic carbocycles. The van der Waals surface area contributed by atoms with Crippen molar-refractivity contribution in [1.82, 2.24) is 4.98 Å². The first kappa shape index (κ1) is 25.9. The van der Waals surface area contributed by atoms with E-state index in [9.17, 15) is 19.5 Å². The van der Waals surface area contributed by atoms with Gasteiger partial charge in [-0.1, -0.05) is 35.6 Å². The maximum absolute atomic E-state index is 13.4. The second kappa shape index (κ2) is 10.8. The number of ketones is 1. The molecule has 1 aromatic heterocycles. The van der Waals surface area contributed by atoms with Crippen LogP contribution in [-0.4, -0.2) is 48.1 Å². The number of Topliss-reactive ketones (excluding diaryl/α,β-unsaturated/α-hetero) is 1. The summed E-state index contributed by atoms with van der Waals surface area (Å²) in [4.78, 5) is 45.1. The largest absolute Gasteiger partial charge is 0.507 e. The first-order valence-electron chi connectivity index (χ1n) is 11.6. The average Bonchev–Trinajstić information content (AvgIpc) is 3.41. The summed E-state index contributed by atoms with van der Waals surface area (Å²) >= 11 is 0.949. The van der Waals surface area contributed by atoms with Crippen LogP contribution in [0.3, 0.4) is 0 Å². The number of benzene rings is 2. The number of carbonyl (C=O) groups excluding carboxylic acids is 3. The lowest BCUT2D eigenvalue weighted by Crippen LogP contribution is -2.29. The highest BCUT2D eigenvalue weighted by Crippen LogP contribution is 2.44. The quantitative estimate of drug-likeness (QED) is 0.197. The minimum atomic E-state index is -1.02. The molecule has 1 unspecified atom stereocenters. The predicted octanol–water partition coefficient (Wildman–Crippen LogP) is 4.66. The molecular formula is C27H26N2O7S. The Bertz CT molecular complexity index is 1390. The summed E-state index contributed by atoms with van der Waals surface area (Å²) < 4.78 is 16.0. The number of aryl methyl sites for hydroxylation is 1. The Morgan fingerprint density at radius 2 is 1.81 bits per heavy atom. The summed E-state index contributed by atoms with van der Waals surface area (Å²) in [7, 11) is 1.51. The molecule has 0 bridgehead atoms. The van der Waals surface area contributed by atoms with E-state index in [1.54, 1.807) is 62.4 Å². The number of hydrogen-bond acceptors (Lipinski definition) is 9. The van der Waals surface area contributed by atoms with Gasteiger partial charge in [0, 0.05) is 5.56 Å². The normalized spacial score (nSPS) is 16.6. The number of amides is 1. The van der Waals surface area contributed by atoms with Gasteiger partial charge in [-0.25, -0.2) is 9.78 Å². The summed E-state index contributed by atoms with van der Waals surface area (Å²) in [5, 5.41) is 11.5. The predicted molar refractivity (Wildman–Crippen MR) is 138 cm³/mol. The summed E-state index contributed by atoms with van der Waals surface area (Å²) in [6.45, 7) is 5.76. The minimum Gasteiger partial charge on any atom is -0.507 e. The van der Waals surface area contributed by atoms with Gasteiger partial charge >= 0.3 is 11.9 Å². The molecule has 9 nitrogen and oxygen atoms in total. The Morgan fingerprint density at radius 1 is 1.08 bits per heavy atom. The van der Waals surface area contributed by atoms with Gasteiger partial charge in [0.2, 0.25) is 0 Å². The van der Waals surface area contributed by atoms with Gasteiger partial charge in [0.05, 0.1) is 37.6 Å². The third-order valence-electron chi connectivity index (χ3n) is 5.72. The van der Waals surface area contributed by atoms with E-state index in [1.165, 1.54) is 12.0 Å². The molecule has 1 aliphatic rings. The summed E-state index contributed by atoms with van der Waals surface area (Å²) in [6.07, 6.45) is 0. The third kappa shape index (κ3) is 4.92. The van der Waals surface area contributed by atoms with Gasteiger partial charge in [-0.15, -0.1) is 0 Å². The second-order valence-electron chi connectivity index (χ2n) is 8.04. The van der Waals surface area contributed by atoms with E-state index < -0.39 is 23.7 Å². The fourth-order valence-corrected chi connectivity index (χ4v) is 5.07. The van der Waals surface area contributed by atoms with Crippen molar-refractivity contribution in [1.29, 1.82) is 0 Å².